The molecule has 3 rings (SSSR count). The Hall–Kier alpha value is -2.35. The highest BCUT2D eigenvalue weighted by atomic mass is 35.5. The van der Waals surface area contributed by atoms with Gasteiger partial charge in [0.25, 0.3) is 10.0 Å². The lowest BCUT2D eigenvalue weighted by molar-refractivity contribution is 0.0161. The highest BCUT2D eigenvalue weighted by molar-refractivity contribution is 7.92. The SMILES string of the molecule is C=CCN(c1ccccc1)S(=O)(=O)c1ccc(Cl)c(C(=O)OC[C@@H]2CCCO2)c1. The molecule has 1 aliphatic heterocycles. The van der Waals surface area contributed by atoms with Crippen LogP contribution >= 0.6 is 11.6 Å². The van der Waals surface area contributed by atoms with Crippen LogP contribution in [-0.4, -0.2) is 40.2 Å². The van der Waals surface area contributed by atoms with E-state index in [9.17, 15) is 13.2 Å². The molecule has 29 heavy (non-hydrogen) atoms. The molecule has 1 fully saturated rings. The average molecular weight is 436 g/mol. The predicted octanol–water partition coefficient (Wildman–Crippen LogP) is 4.06. The summed E-state index contributed by atoms with van der Waals surface area (Å²) in [5, 5.41) is 0.122. The number of hydrogen-bond donors (Lipinski definition) is 0. The minimum absolute atomic E-state index is 0.00245. The molecular weight excluding hydrogens is 414 g/mol. The van der Waals surface area contributed by atoms with Crippen LogP contribution < -0.4 is 4.31 Å². The Kier molecular flexibility index (Phi) is 6.95. The van der Waals surface area contributed by atoms with Gasteiger partial charge in [-0.2, -0.15) is 0 Å². The molecule has 0 spiro atoms. The predicted molar refractivity (Wildman–Crippen MR) is 112 cm³/mol. The summed E-state index contributed by atoms with van der Waals surface area (Å²) in [5.41, 5.74) is 0.488. The number of rotatable bonds is 8. The number of carbonyl (C=O) groups is 1. The Morgan fingerprint density at radius 2 is 2.03 bits per heavy atom. The van der Waals surface area contributed by atoms with E-state index in [0.29, 0.717) is 12.3 Å². The lowest BCUT2D eigenvalue weighted by Gasteiger charge is -2.23. The fourth-order valence-corrected chi connectivity index (χ4v) is 4.68. The van der Waals surface area contributed by atoms with Crippen molar-refractivity contribution in [3.05, 3.63) is 71.8 Å². The van der Waals surface area contributed by atoms with Gasteiger partial charge in [-0.1, -0.05) is 35.9 Å². The molecule has 0 bridgehead atoms. The monoisotopic (exact) mass is 435 g/mol. The van der Waals surface area contributed by atoms with E-state index in [1.807, 2.05) is 0 Å². The van der Waals surface area contributed by atoms with Crippen molar-refractivity contribution in [3.63, 3.8) is 0 Å². The second-order valence-corrected chi connectivity index (χ2v) is 8.81. The molecule has 1 heterocycles. The maximum atomic E-state index is 13.2. The Labute approximate surface area is 175 Å². The number of para-hydroxylation sites is 1. The van der Waals surface area contributed by atoms with Crippen molar-refractivity contribution in [1.82, 2.24) is 0 Å². The Bertz CT molecular complexity index is 972. The summed E-state index contributed by atoms with van der Waals surface area (Å²) in [5.74, 6) is -0.683. The molecule has 6 nitrogen and oxygen atoms in total. The first-order valence-corrected chi connectivity index (χ1v) is 11.0. The minimum atomic E-state index is -3.95. The molecule has 0 radical (unpaired) electrons. The van der Waals surface area contributed by atoms with Gasteiger partial charge >= 0.3 is 5.97 Å². The largest absolute Gasteiger partial charge is 0.459 e. The quantitative estimate of drug-likeness (QED) is 0.462. The van der Waals surface area contributed by atoms with Crippen LogP contribution in [0.3, 0.4) is 0 Å². The van der Waals surface area contributed by atoms with Crippen molar-refractivity contribution >= 4 is 33.3 Å². The van der Waals surface area contributed by atoms with E-state index in [1.165, 1.54) is 28.6 Å². The number of benzene rings is 2. The van der Waals surface area contributed by atoms with Gasteiger partial charge in [-0.15, -0.1) is 6.58 Å². The molecule has 2 aromatic carbocycles. The van der Waals surface area contributed by atoms with E-state index in [0.717, 1.165) is 12.8 Å². The molecule has 8 heteroatoms. The van der Waals surface area contributed by atoms with Crippen molar-refractivity contribution in [1.29, 1.82) is 0 Å². The molecule has 0 aromatic heterocycles. The summed E-state index contributed by atoms with van der Waals surface area (Å²) in [6, 6.07) is 12.7. The first-order valence-electron chi connectivity index (χ1n) is 9.20. The zero-order valence-corrected chi connectivity index (χ0v) is 17.4. The van der Waals surface area contributed by atoms with Gasteiger partial charge in [-0.3, -0.25) is 4.31 Å². The normalized spacial score (nSPS) is 16.4. The molecule has 1 atom stereocenters. The van der Waals surface area contributed by atoms with Gasteiger partial charge < -0.3 is 9.47 Å². The average Bonchev–Trinajstić information content (AvgIpc) is 3.24. The van der Waals surface area contributed by atoms with Crippen LogP contribution in [0, 0.1) is 0 Å². The lowest BCUT2D eigenvalue weighted by Crippen LogP contribution is -2.31. The summed E-state index contributed by atoms with van der Waals surface area (Å²) in [4.78, 5) is 12.4. The number of anilines is 1. The second kappa shape index (κ2) is 9.43. The van der Waals surface area contributed by atoms with Gasteiger partial charge in [-0.05, 0) is 43.2 Å². The van der Waals surface area contributed by atoms with Crippen LogP contribution in [0.4, 0.5) is 5.69 Å². The Morgan fingerprint density at radius 3 is 2.69 bits per heavy atom. The number of carbonyl (C=O) groups excluding carboxylic acids is 1. The van der Waals surface area contributed by atoms with E-state index in [4.69, 9.17) is 21.1 Å². The number of esters is 1. The third-order valence-electron chi connectivity index (χ3n) is 4.51. The second-order valence-electron chi connectivity index (χ2n) is 6.54. The number of hydrogen-bond acceptors (Lipinski definition) is 5. The van der Waals surface area contributed by atoms with Gasteiger partial charge in [-0.25, -0.2) is 13.2 Å². The zero-order valence-electron chi connectivity index (χ0n) is 15.8. The molecule has 154 valence electrons. The first kappa shape index (κ1) is 21.4. The van der Waals surface area contributed by atoms with E-state index in [2.05, 4.69) is 6.58 Å². The zero-order chi connectivity index (χ0) is 20.9. The smallest absolute Gasteiger partial charge is 0.339 e. The highest BCUT2D eigenvalue weighted by Crippen LogP contribution is 2.27. The van der Waals surface area contributed by atoms with Crippen LogP contribution in [-0.2, 0) is 19.5 Å². The van der Waals surface area contributed by atoms with E-state index in [1.54, 1.807) is 30.3 Å². The van der Waals surface area contributed by atoms with Crippen LogP contribution in [0.25, 0.3) is 0 Å². The van der Waals surface area contributed by atoms with Gasteiger partial charge in [0.1, 0.15) is 6.61 Å². The Morgan fingerprint density at radius 1 is 1.28 bits per heavy atom. The summed E-state index contributed by atoms with van der Waals surface area (Å²) in [6.07, 6.45) is 3.11. The highest BCUT2D eigenvalue weighted by Gasteiger charge is 2.26. The number of nitrogens with zero attached hydrogens (tertiary/aromatic N) is 1. The molecule has 1 saturated heterocycles. The standard InChI is InChI=1S/C21H22ClNO5S/c1-2-12-23(16-7-4-3-5-8-16)29(25,26)18-10-11-20(22)19(14-18)21(24)28-15-17-9-6-13-27-17/h2-5,7-8,10-11,14,17H,1,6,9,12-13,15H2/t17-/m0/s1. The molecule has 0 saturated carbocycles. The van der Waals surface area contributed by atoms with Crippen LogP contribution in [0.15, 0.2) is 66.1 Å². The number of ether oxygens (including phenoxy) is 2. The lowest BCUT2D eigenvalue weighted by atomic mass is 10.2. The fraction of sp³-hybridized carbons (Fsp3) is 0.286. The summed E-state index contributed by atoms with van der Waals surface area (Å²) < 4.78 is 38.4. The van der Waals surface area contributed by atoms with Crippen LogP contribution in [0.1, 0.15) is 23.2 Å². The molecule has 0 unspecified atom stereocenters. The maximum absolute atomic E-state index is 13.2. The van der Waals surface area contributed by atoms with Crippen LogP contribution in [0.5, 0.6) is 0 Å². The van der Waals surface area contributed by atoms with Gasteiger partial charge in [0.05, 0.1) is 33.8 Å². The summed E-state index contributed by atoms with van der Waals surface area (Å²) >= 11 is 6.14. The summed E-state index contributed by atoms with van der Waals surface area (Å²) in [6.45, 7) is 4.48. The first-order chi connectivity index (χ1) is 13.9. The van der Waals surface area contributed by atoms with E-state index >= 15 is 0 Å². The van der Waals surface area contributed by atoms with E-state index < -0.39 is 16.0 Å². The molecule has 0 amide bonds. The molecule has 1 aliphatic rings. The van der Waals surface area contributed by atoms with Gasteiger partial charge in [0.2, 0.25) is 0 Å². The summed E-state index contributed by atoms with van der Waals surface area (Å²) in [7, 11) is -3.95. The third-order valence-corrected chi connectivity index (χ3v) is 6.63. The van der Waals surface area contributed by atoms with Gasteiger partial charge in [0.15, 0.2) is 0 Å². The van der Waals surface area contributed by atoms with Crippen molar-refractivity contribution in [2.24, 2.45) is 0 Å². The van der Waals surface area contributed by atoms with Crippen molar-refractivity contribution in [2.75, 3.05) is 24.1 Å². The Balaban J connectivity index is 1.88. The topological polar surface area (TPSA) is 72.9 Å². The molecule has 0 aliphatic carbocycles. The maximum Gasteiger partial charge on any atom is 0.339 e. The minimum Gasteiger partial charge on any atom is -0.459 e. The molecule has 0 N–H and O–H groups in total. The number of halogens is 1. The molecular formula is C21H22ClNO5S. The third kappa shape index (κ3) is 4.98. The molecule has 2 aromatic rings. The van der Waals surface area contributed by atoms with Crippen molar-refractivity contribution in [3.8, 4) is 0 Å². The van der Waals surface area contributed by atoms with Crippen molar-refractivity contribution in [2.45, 2.75) is 23.8 Å². The number of sulfonamides is 1. The fourth-order valence-electron chi connectivity index (χ4n) is 3.02. The van der Waals surface area contributed by atoms with E-state index in [-0.39, 0.29) is 34.7 Å². The van der Waals surface area contributed by atoms with Gasteiger partial charge in [0, 0.05) is 6.61 Å². The van der Waals surface area contributed by atoms with Crippen molar-refractivity contribution < 1.29 is 22.7 Å². The van der Waals surface area contributed by atoms with Crippen LogP contribution in [0.2, 0.25) is 5.02 Å².